The van der Waals surface area contributed by atoms with E-state index in [1.807, 2.05) is 6.07 Å². The van der Waals surface area contributed by atoms with E-state index in [0.717, 1.165) is 6.07 Å². The second-order valence-corrected chi connectivity index (χ2v) is 5.95. The molecule has 140 valence electrons. The molecule has 1 atom stereocenters. The van der Waals surface area contributed by atoms with Gasteiger partial charge in [-0.25, -0.2) is 0 Å². The molecular formula is C19H16F3N3O2. The Kier molecular flexibility index (Phi) is 5.25. The van der Waals surface area contributed by atoms with Crippen LogP contribution in [0.2, 0.25) is 0 Å². The molecular weight excluding hydrogens is 359 g/mol. The topological polar surface area (TPSA) is 68.0 Å². The van der Waals surface area contributed by atoms with Crippen molar-refractivity contribution < 1.29 is 22.5 Å². The van der Waals surface area contributed by atoms with Crippen LogP contribution in [0.5, 0.6) is 0 Å². The van der Waals surface area contributed by atoms with Crippen LogP contribution in [0.3, 0.4) is 0 Å². The predicted molar refractivity (Wildman–Crippen MR) is 92.0 cm³/mol. The van der Waals surface area contributed by atoms with Gasteiger partial charge in [0.1, 0.15) is 0 Å². The number of alkyl halides is 3. The van der Waals surface area contributed by atoms with Gasteiger partial charge < -0.3 is 9.84 Å². The molecule has 2 aromatic carbocycles. The summed E-state index contributed by atoms with van der Waals surface area (Å²) >= 11 is 0. The van der Waals surface area contributed by atoms with Gasteiger partial charge in [0.2, 0.25) is 11.8 Å². The van der Waals surface area contributed by atoms with Crippen LogP contribution in [0, 0.1) is 0 Å². The summed E-state index contributed by atoms with van der Waals surface area (Å²) in [4.78, 5) is 16.1. The predicted octanol–water partition coefficient (Wildman–Crippen LogP) is 4.42. The number of nitrogens with one attached hydrogen (secondary N) is 1. The number of anilines is 1. The first kappa shape index (κ1) is 18.6. The van der Waals surface area contributed by atoms with Gasteiger partial charge in [0.05, 0.1) is 17.9 Å². The van der Waals surface area contributed by atoms with Crippen LogP contribution in [0.15, 0.2) is 59.1 Å². The summed E-state index contributed by atoms with van der Waals surface area (Å²) in [5, 5.41) is 6.39. The molecule has 3 rings (SSSR count). The summed E-state index contributed by atoms with van der Waals surface area (Å²) in [6.07, 6.45) is -4.63. The van der Waals surface area contributed by atoms with E-state index in [4.69, 9.17) is 4.52 Å². The molecule has 0 spiro atoms. The number of rotatable bonds is 5. The van der Waals surface area contributed by atoms with Crippen molar-refractivity contribution in [2.24, 2.45) is 0 Å². The van der Waals surface area contributed by atoms with Gasteiger partial charge in [-0.05, 0) is 30.7 Å². The van der Waals surface area contributed by atoms with E-state index >= 15 is 0 Å². The zero-order chi connectivity index (χ0) is 19.4. The number of amides is 1. The molecule has 1 aromatic heterocycles. The average Bonchev–Trinajstić information content (AvgIpc) is 3.09. The molecule has 0 radical (unpaired) electrons. The second-order valence-electron chi connectivity index (χ2n) is 5.95. The molecule has 8 heteroatoms. The maximum Gasteiger partial charge on any atom is 0.416 e. The van der Waals surface area contributed by atoms with Crippen LogP contribution in [-0.4, -0.2) is 16.0 Å². The fourth-order valence-electron chi connectivity index (χ4n) is 2.65. The molecule has 0 fully saturated rings. The molecule has 1 heterocycles. The molecule has 27 heavy (non-hydrogen) atoms. The lowest BCUT2D eigenvalue weighted by molar-refractivity contribution is -0.138. The van der Waals surface area contributed by atoms with Crippen LogP contribution in [-0.2, 0) is 17.4 Å². The molecule has 1 amide bonds. The molecule has 0 saturated heterocycles. The van der Waals surface area contributed by atoms with Gasteiger partial charge in [-0.3, -0.25) is 4.79 Å². The zero-order valence-electron chi connectivity index (χ0n) is 14.3. The maximum absolute atomic E-state index is 13.2. The fourth-order valence-corrected chi connectivity index (χ4v) is 2.65. The number of nitrogens with zero attached hydrogens (tertiary/aromatic N) is 2. The SMILES string of the molecule is CC(c1nc(CC(=O)Nc2ccccc2)no1)c1ccccc1C(F)(F)F. The van der Waals surface area contributed by atoms with Crippen molar-refractivity contribution >= 4 is 11.6 Å². The minimum absolute atomic E-state index is 0.0224. The number of hydrogen-bond acceptors (Lipinski definition) is 4. The normalized spacial score (nSPS) is 12.6. The number of carbonyl (C=O) groups is 1. The number of aromatic nitrogens is 2. The number of benzene rings is 2. The molecule has 0 bridgehead atoms. The minimum Gasteiger partial charge on any atom is -0.339 e. The largest absolute Gasteiger partial charge is 0.416 e. The van der Waals surface area contributed by atoms with Crippen molar-refractivity contribution in [3.63, 3.8) is 0 Å². The third-order valence-electron chi connectivity index (χ3n) is 3.96. The molecule has 0 aliphatic rings. The fraction of sp³-hybridized carbons (Fsp3) is 0.211. The third kappa shape index (κ3) is 4.52. The van der Waals surface area contributed by atoms with E-state index in [1.54, 1.807) is 31.2 Å². The Morgan fingerprint density at radius 2 is 1.78 bits per heavy atom. The van der Waals surface area contributed by atoms with Gasteiger partial charge in [0, 0.05) is 5.69 Å². The van der Waals surface area contributed by atoms with Crippen LogP contribution < -0.4 is 5.32 Å². The van der Waals surface area contributed by atoms with Crippen molar-refractivity contribution in [2.45, 2.75) is 25.4 Å². The Morgan fingerprint density at radius 1 is 1.11 bits per heavy atom. The highest BCUT2D eigenvalue weighted by atomic mass is 19.4. The molecule has 0 aliphatic carbocycles. The van der Waals surface area contributed by atoms with Gasteiger partial charge >= 0.3 is 6.18 Å². The Hall–Kier alpha value is -3.16. The Morgan fingerprint density at radius 3 is 2.48 bits per heavy atom. The summed E-state index contributed by atoms with van der Waals surface area (Å²) in [7, 11) is 0. The minimum atomic E-state index is -4.48. The molecule has 0 saturated carbocycles. The van der Waals surface area contributed by atoms with Crippen LogP contribution >= 0.6 is 0 Å². The highest BCUT2D eigenvalue weighted by Gasteiger charge is 2.35. The van der Waals surface area contributed by atoms with Crippen molar-refractivity contribution in [3.05, 3.63) is 77.4 Å². The smallest absolute Gasteiger partial charge is 0.339 e. The molecule has 1 unspecified atom stereocenters. The van der Waals surface area contributed by atoms with Gasteiger partial charge in [0.25, 0.3) is 0 Å². The molecule has 3 aromatic rings. The lowest BCUT2D eigenvalue weighted by Crippen LogP contribution is -2.15. The van der Waals surface area contributed by atoms with E-state index in [1.165, 1.54) is 18.2 Å². The van der Waals surface area contributed by atoms with E-state index in [-0.39, 0.29) is 29.6 Å². The average molecular weight is 375 g/mol. The first-order valence-electron chi connectivity index (χ1n) is 8.18. The number of carbonyl (C=O) groups excluding carboxylic acids is 1. The molecule has 0 aliphatic heterocycles. The van der Waals surface area contributed by atoms with E-state index in [9.17, 15) is 18.0 Å². The Bertz CT molecular complexity index is 923. The lowest BCUT2D eigenvalue weighted by Gasteiger charge is -2.15. The second kappa shape index (κ2) is 7.61. The van der Waals surface area contributed by atoms with Crippen LogP contribution in [0.1, 0.15) is 35.7 Å². The number of hydrogen-bond donors (Lipinski definition) is 1. The van der Waals surface area contributed by atoms with Gasteiger partial charge in [-0.1, -0.05) is 41.6 Å². The first-order valence-corrected chi connectivity index (χ1v) is 8.18. The lowest BCUT2D eigenvalue weighted by atomic mass is 9.95. The number of para-hydroxylation sites is 1. The van der Waals surface area contributed by atoms with Gasteiger partial charge in [-0.15, -0.1) is 0 Å². The van der Waals surface area contributed by atoms with Crippen LogP contribution in [0.4, 0.5) is 18.9 Å². The Balaban J connectivity index is 1.73. The molecule has 1 N–H and O–H groups in total. The highest BCUT2D eigenvalue weighted by molar-refractivity contribution is 5.91. The van der Waals surface area contributed by atoms with Crippen molar-refractivity contribution in [1.29, 1.82) is 0 Å². The standard InChI is InChI=1S/C19H16F3N3O2/c1-12(14-9-5-6-10-15(14)19(20,21)22)18-24-16(25-27-18)11-17(26)23-13-7-3-2-4-8-13/h2-10,12H,11H2,1H3,(H,23,26). The monoisotopic (exact) mass is 375 g/mol. The van der Waals surface area contributed by atoms with Gasteiger partial charge in [0.15, 0.2) is 5.82 Å². The van der Waals surface area contributed by atoms with E-state index < -0.39 is 17.7 Å². The third-order valence-corrected chi connectivity index (χ3v) is 3.96. The van der Waals surface area contributed by atoms with Gasteiger partial charge in [-0.2, -0.15) is 18.2 Å². The number of halogens is 3. The van der Waals surface area contributed by atoms with Crippen LogP contribution in [0.25, 0.3) is 0 Å². The summed E-state index contributed by atoms with van der Waals surface area (Å²) in [5.41, 5.74) is -0.0910. The molecule has 5 nitrogen and oxygen atoms in total. The quantitative estimate of drug-likeness (QED) is 0.717. The summed E-state index contributed by atoms with van der Waals surface area (Å²) < 4.78 is 44.7. The zero-order valence-corrected chi connectivity index (χ0v) is 14.3. The summed E-state index contributed by atoms with van der Waals surface area (Å²) in [6.45, 7) is 1.55. The summed E-state index contributed by atoms with van der Waals surface area (Å²) in [6, 6.07) is 14.1. The summed E-state index contributed by atoms with van der Waals surface area (Å²) in [5.74, 6) is -0.984. The first-order chi connectivity index (χ1) is 12.8. The van der Waals surface area contributed by atoms with Crippen molar-refractivity contribution in [2.75, 3.05) is 5.32 Å². The van der Waals surface area contributed by atoms with Crippen molar-refractivity contribution in [3.8, 4) is 0 Å². The maximum atomic E-state index is 13.2. The van der Waals surface area contributed by atoms with Crippen molar-refractivity contribution in [1.82, 2.24) is 10.1 Å². The highest BCUT2D eigenvalue weighted by Crippen LogP contribution is 2.36. The Labute approximate surface area is 153 Å². The van der Waals surface area contributed by atoms with E-state index in [2.05, 4.69) is 15.5 Å². The van der Waals surface area contributed by atoms with E-state index in [0.29, 0.717) is 5.69 Å².